The van der Waals surface area contributed by atoms with Crippen molar-refractivity contribution in [3.05, 3.63) is 65.2 Å². The minimum atomic E-state index is -0.309. The van der Waals surface area contributed by atoms with Crippen molar-refractivity contribution in [2.45, 2.75) is 12.8 Å². The summed E-state index contributed by atoms with van der Waals surface area (Å²) in [7, 11) is 0. The van der Waals surface area contributed by atoms with Crippen LogP contribution in [0.15, 0.2) is 42.6 Å². The van der Waals surface area contributed by atoms with Crippen LogP contribution in [0.1, 0.15) is 34.5 Å². The molecule has 110 valence electrons. The summed E-state index contributed by atoms with van der Waals surface area (Å²) in [6.45, 7) is 1.61. The zero-order chi connectivity index (χ0) is 15.4. The molecule has 1 aliphatic heterocycles. The number of hydrogen-bond acceptors (Lipinski definition) is 2. The molecule has 0 N–H and O–H groups in total. The summed E-state index contributed by atoms with van der Waals surface area (Å²) >= 11 is 0. The molecule has 0 bridgehead atoms. The van der Waals surface area contributed by atoms with Crippen LogP contribution in [-0.4, -0.2) is 28.9 Å². The highest BCUT2D eigenvalue weighted by Crippen LogP contribution is 2.11. The molecule has 3 nitrogen and oxygen atoms in total. The fraction of sp³-hybridized carbons (Fsp3) is 0.222. The van der Waals surface area contributed by atoms with E-state index in [1.807, 2.05) is 4.90 Å². The number of carbonyl (C=O) groups excluding carboxylic acids is 1. The van der Waals surface area contributed by atoms with Crippen LogP contribution in [-0.2, 0) is 0 Å². The maximum atomic E-state index is 13.1. The van der Waals surface area contributed by atoms with Crippen molar-refractivity contribution in [2.24, 2.45) is 0 Å². The van der Waals surface area contributed by atoms with Gasteiger partial charge in [-0.1, -0.05) is 17.9 Å². The zero-order valence-corrected chi connectivity index (χ0v) is 12.1. The predicted molar refractivity (Wildman–Crippen MR) is 81.8 cm³/mol. The smallest absolute Gasteiger partial charge is 0.272 e. The van der Waals surface area contributed by atoms with Gasteiger partial charge in [0.2, 0.25) is 0 Å². The summed E-state index contributed by atoms with van der Waals surface area (Å²) in [5, 5.41) is 0. The first-order valence-electron chi connectivity index (χ1n) is 7.25. The summed E-state index contributed by atoms with van der Waals surface area (Å²) in [5.41, 5.74) is 1.75. The molecule has 2 aromatic rings. The van der Waals surface area contributed by atoms with Crippen molar-refractivity contribution in [3.8, 4) is 11.8 Å². The van der Waals surface area contributed by atoms with Crippen LogP contribution < -0.4 is 0 Å². The second kappa shape index (κ2) is 6.40. The van der Waals surface area contributed by atoms with E-state index in [0.717, 1.165) is 25.9 Å². The molecule has 0 radical (unpaired) electrons. The van der Waals surface area contributed by atoms with E-state index < -0.39 is 0 Å². The molecular weight excluding hydrogens is 279 g/mol. The van der Waals surface area contributed by atoms with E-state index in [9.17, 15) is 9.18 Å². The molecule has 0 saturated carbocycles. The highest BCUT2D eigenvalue weighted by Gasteiger charge is 2.19. The number of carbonyl (C=O) groups is 1. The van der Waals surface area contributed by atoms with Crippen LogP contribution >= 0.6 is 0 Å². The van der Waals surface area contributed by atoms with Crippen LogP contribution in [0.25, 0.3) is 0 Å². The van der Waals surface area contributed by atoms with Gasteiger partial charge >= 0.3 is 0 Å². The van der Waals surface area contributed by atoms with Gasteiger partial charge in [-0.05, 0) is 43.2 Å². The Kier molecular flexibility index (Phi) is 4.15. The van der Waals surface area contributed by atoms with Gasteiger partial charge in [-0.25, -0.2) is 9.37 Å². The van der Waals surface area contributed by atoms with E-state index in [1.165, 1.54) is 12.1 Å². The molecule has 3 rings (SSSR count). The molecule has 0 unspecified atom stereocenters. The molecule has 1 amide bonds. The lowest BCUT2D eigenvalue weighted by atomic mass is 10.2. The van der Waals surface area contributed by atoms with Gasteiger partial charge in [0.1, 0.15) is 11.5 Å². The quantitative estimate of drug-likeness (QED) is 0.758. The Hall–Kier alpha value is -2.67. The van der Waals surface area contributed by atoms with E-state index in [-0.39, 0.29) is 11.7 Å². The number of likely N-dealkylation sites (tertiary alicyclic amines) is 1. The lowest BCUT2D eigenvalue weighted by Gasteiger charge is -2.14. The normalized spacial score (nSPS) is 13.6. The molecule has 0 spiro atoms. The second-order valence-electron chi connectivity index (χ2n) is 5.19. The van der Waals surface area contributed by atoms with Crippen molar-refractivity contribution in [1.29, 1.82) is 0 Å². The number of hydrogen-bond donors (Lipinski definition) is 0. The highest BCUT2D eigenvalue weighted by molar-refractivity contribution is 5.92. The van der Waals surface area contributed by atoms with Gasteiger partial charge in [-0.3, -0.25) is 4.79 Å². The Balaban J connectivity index is 1.73. The van der Waals surface area contributed by atoms with Crippen LogP contribution in [0.3, 0.4) is 0 Å². The SMILES string of the molecule is O=C(c1ccc(C#Cc2cccc(F)c2)cn1)N1CCCC1. The maximum Gasteiger partial charge on any atom is 0.272 e. The number of rotatable bonds is 1. The summed E-state index contributed by atoms with van der Waals surface area (Å²) in [4.78, 5) is 18.2. The van der Waals surface area contributed by atoms with Crippen molar-refractivity contribution in [1.82, 2.24) is 9.88 Å². The lowest BCUT2D eigenvalue weighted by molar-refractivity contribution is 0.0787. The van der Waals surface area contributed by atoms with E-state index in [4.69, 9.17) is 0 Å². The van der Waals surface area contributed by atoms with Crippen LogP contribution in [0.2, 0.25) is 0 Å². The number of amides is 1. The van der Waals surface area contributed by atoms with E-state index in [1.54, 1.807) is 30.5 Å². The number of aromatic nitrogens is 1. The van der Waals surface area contributed by atoms with Gasteiger partial charge in [0.25, 0.3) is 5.91 Å². The van der Waals surface area contributed by atoms with Gasteiger partial charge in [0.05, 0.1) is 0 Å². The second-order valence-corrected chi connectivity index (χ2v) is 5.19. The van der Waals surface area contributed by atoms with Crippen LogP contribution in [0.5, 0.6) is 0 Å². The third kappa shape index (κ3) is 3.32. The Morgan fingerprint density at radius 2 is 1.86 bits per heavy atom. The summed E-state index contributed by atoms with van der Waals surface area (Å²) < 4.78 is 13.1. The van der Waals surface area contributed by atoms with Gasteiger partial charge in [-0.2, -0.15) is 0 Å². The Morgan fingerprint density at radius 3 is 2.55 bits per heavy atom. The van der Waals surface area contributed by atoms with Gasteiger partial charge in [0.15, 0.2) is 0 Å². The molecule has 22 heavy (non-hydrogen) atoms. The highest BCUT2D eigenvalue weighted by atomic mass is 19.1. The monoisotopic (exact) mass is 294 g/mol. The molecule has 2 heterocycles. The zero-order valence-electron chi connectivity index (χ0n) is 12.1. The van der Waals surface area contributed by atoms with Gasteiger partial charge in [-0.15, -0.1) is 0 Å². The van der Waals surface area contributed by atoms with Crippen molar-refractivity contribution in [2.75, 3.05) is 13.1 Å². The Morgan fingerprint density at radius 1 is 1.09 bits per heavy atom. The first-order chi connectivity index (χ1) is 10.7. The largest absolute Gasteiger partial charge is 0.337 e. The molecule has 0 aliphatic carbocycles. The fourth-order valence-corrected chi connectivity index (χ4v) is 2.39. The minimum Gasteiger partial charge on any atom is -0.337 e. The van der Waals surface area contributed by atoms with Crippen molar-refractivity contribution < 1.29 is 9.18 Å². The molecule has 1 saturated heterocycles. The van der Waals surface area contributed by atoms with E-state index in [2.05, 4.69) is 16.8 Å². The van der Waals surface area contributed by atoms with Crippen LogP contribution in [0, 0.1) is 17.7 Å². The first kappa shape index (κ1) is 14.3. The summed E-state index contributed by atoms with van der Waals surface area (Å²) in [6.07, 6.45) is 3.70. The van der Waals surface area contributed by atoms with Gasteiger partial charge < -0.3 is 4.90 Å². The topological polar surface area (TPSA) is 33.2 Å². The molecular formula is C18H15FN2O. The average molecular weight is 294 g/mol. The van der Waals surface area contributed by atoms with E-state index >= 15 is 0 Å². The molecule has 4 heteroatoms. The fourth-order valence-electron chi connectivity index (χ4n) is 2.39. The third-order valence-corrected chi connectivity index (χ3v) is 3.55. The Bertz CT molecular complexity index is 738. The molecule has 1 aromatic carbocycles. The number of pyridine rings is 1. The first-order valence-corrected chi connectivity index (χ1v) is 7.25. The van der Waals surface area contributed by atoms with Gasteiger partial charge in [0, 0.05) is 30.4 Å². The number of nitrogens with zero attached hydrogens (tertiary/aromatic N) is 2. The lowest BCUT2D eigenvalue weighted by Crippen LogP contribution is -2.28. The Labute approximate surface area is 128 Å². The number of halogens is 1. The predicted octanol–water partition coefficient (Wildman–Crippen LogP) is 2.86. The number of benzene rings is 1. The van der Waals surface area contributed by atoms with Crippen molar-refractivity contribution in [3.63, 3.8) is 0 Å². The third-order valence-electron chi connectivity index (χ3n) is 3.55. The molecule has 1 aromatic heterocycles. The van der Waals surface area contributed by atoms with E-state index in [0.29, 0.717) is 16.8 Å². The summed E-state index contributed by atoms with van der Waals surface area (Å²) in [6, 6.07) is 9.58. The minimum absolute atomic E-state index is 0.0258. The maximum absolute atomic E-state index is 13.1. The van der Waals surface area contributed by atoms with Crippen LogP contribution in [0.4, 0.5) is 4.39 Å². The molecule has 0 atom stereocenters. The average Bonchev–Trinajstić information content (AvgIpc) is 3.07. The standard InChI is InChI=1S/C18H15FN2O/c19-16-5-3-4-14(12-16)6-7-15-8-9-17(20-13-15)18(22)21-10-1-2-11-21/h3-5,8-9,12-13H,1-2,10-11H2. The molecule has 1 fully saturated rings. The molecule has 1 aliphatic rings. The summed E-state index contributed by atoms with van der Waals surface area (Å²) in [5.74, 6) is 5.47. The van der Waals surface area contributed by atoms with Crippen molar-refractivity contribution >= 4 is 5.91 Å².